The lowest BCUT2D eigenvalue weighted by atomic mass is 10.2. The Hall–Kier alpha value is -1.15. The smallest absolute Gasteiger partial charge is 0.287 e. The van der Waals surface area contributed by atoms with E-state index >= 15 is 0 Å². The van der Waals surface area contributed by atoms with Crippen molar-refractivity contribution in [2.24, 2.45) is 5.73 Å². The van der Waals surface area contributed by atoms with Crippen molar-refractivity contribution < 1.29 is 13.7 Å². The summed E-state index contributed by atoms with van der Waals surface area (Å²) in [6.07, 6.45) is -2.86. The summed E-state index contributed by atoms with van der Waals surface area (Å²) in [4.78, 5) is 13.3. The zero-order valence-electron chi connectivity index (χ0n) is 7.28. The fourth-order valence-corrected chi connectivity index (χ4v) is 1.48. The Morgan fingerprint density at radius 1 is 1.67 bits per heavy atom. The van der Waals surface area contributed by atoms with Crippen LogP contribution in [0.5, 0.6) is 0 Å². The van der Waals surface area contributed by atoms with Crippen molar-refractivity contribution in [2.75, 3.05) is 0 Å². The molecule has 0 radical (unpaired) electrons. The van der Waals surface area contributed by atoms with Crippen LogP contribution in [0.1, 0.15) is 17.8 Å². The molecule has 1 heterocycles. The minimum atomic E-state index is -2.86. The van der Waals surface area contributed by atoms with Crippen molar-refractivity contribution in [1.82, 2.24) is 4.98 Å². The van der Waals surface area contributed by atoms with Crippen LogP contribution >= 0.6 is 15.9 Å². The molecule has 0 spiro atoms. The zero-order chi connectivity index (χ0) is 11.6. The van der Waals surface area contributed by atoms with Crippen LogP contribution in [-0.4, -0.2) is 9.91 Å². The molecule has 0 unspecified atom stereocenters. The molecule has 1 aromatic rings. The molecule has 0 aliphatic carbocycles. The molecule has 1 aromatic heterocycles. The van der Waals surface area contributed by atoms with Gasteiger partial charge in [0, 0.05) is 12.6 Å². The molecular weight excluding hydrogens is 276 g/mol. The van der Waals surface area contributed by atoms with Gasteiger partial charge in [0.15, 0.2) is 0 Å². The Labute approximate surface area is 91.6 Å². The largest absolute Gasteiger partial charge is 0.325 e. The lowest BCUT2D eigenvalue weighted by Crippen LogP contribution is -2.06. The number of halogens is 3. The average molecular weight is 282 g/mol. The summed E-state index contributed by atoms with van der Waals surface area (Å²) in [6.45, 7) is -0.151. The minimum Gasteiger partial charge on any atom is -0.325 e. The van der Waals surface area contributed by atoms with E-state index in [0.717, 1.165) is 6.07 Å². The van der Waals surface area contributed by atoms with E-state index in [4.69, 9.17) is 5.73 Å². The van der Waals surface area contributed by atoms with Gasteiger partial charge in [0.2, 0.25) is 0 Å². The third-order valence-electron chi connectivity index (χ3n) is 1.64. The molecule has 15 heavy (non-hydrogen) atoms. The van der Waals surface area contributed by atoms with Gasteiger partial charge < -0.3 is 5.73 Å². The van der Waals surface area contributed by atoms with E-state index in [-0.39, 0.29) is 16.7 Å². The fraction of sp³-hybridized carbons (Fsp3) is 0.286. The number of pyridine rings is 1. The normalized spacial score (nSPS) is 10.7. The topological polar surface area (TPSA) is 82.0 Å². The zero-order valence-corrected chi connectivity index (χ0v) is 8.87. The monoisotopic (exact) mass is 281 g/mol. The van der Waals surface area contributed by atoms with E-state index in [1.165, 1.54) is 0 Å². The summed E-state index contributed by atoms with van der Waals surface area (Å²) >= 11 is 2.90. The maximum absolute atomic E-state index is 12.3. The van der Waals surface area contributed by atoms with E-state index in [0.29, 0.717) is 0 Å². The van der Waals surface area contributed by atoms with Crippen LogP contribution in [0.25, 0.3) is 0 Å². The maximum atomic E-state index is 12.3. The van der Waals surface area contributed by atoms with Gasteiger partial charge in [0.05, 0.1) is 10.6 Å². The highest BCUT2D eigenvalue weighted by molar-refractivity contribution is 9.10. The Kier molecular flexibility index (Phi) is 3.64. The van der Waals surface area contributed by atoms with Crippen LogP contribution in [0.4, 0.5) is 14.5 Å². The Morgan fingerprint density at radius 2 is 2.27 bits per heavy atom. The molecular formula is C7H6BrF2N3O2. The SMILES string of the molecule is NCc1nc(C(F)F)cc([N+](=O)[O-])c1Br. The summed E-state index contributed by atoms with van der Waals surface area (Å²) in [5, 5.41) is 10.5. The van der Waals surface area contributed by atoms with E-state index in [2.05, 4.69) is 20.9 Å². The molecule has 0 saturated heterocycles. The highest BCUT2D eigenvalue weighted by Gasteiger charge is 2.21. The molecule has 0 atom stereocenters. The van der Waals surface area contributed by atoms with Gasteiger partial charge in [-0.05, 0) is 15.9 Å². The van der Waals surface area contributed by atoms with Gasteiger partial charge in [-0.3, -0.25) is 10.1 Å². The average Bonchev–Trinajstić information content (AvgIpc) is 2.17. The molecule has 2 N–H and O–H groups in total. The van der Waals surface area contributed by atoms with E-state index in [1.807, 2.05) is 0 Å². The number of hydrogen-bond donors (Lipinski definition) is 1. The van der Waals surface area contributed by atoms with Gasteiger partial charge in [-0.15, -0.1) is 0 Å². The Bertz CT molecular complexity index is 400. The first-order chi connectivity index (χ1) is 6.97. The van der Waals surface area contributed by atoms with Crippen LogP contribution in [-0.2, 0) is 6.54 Å². The molecule has 0 aromatic carbocycles. The molecule has 0 fully saturated rings. The molecule has 8 heteroatoms. The number of nitrogens with zero attached hydrogens (tertiary/aromatic N) is 2. The highest BCUT2D eigenvalue weighted by atomic mass is 79.9. The van der Waals surface area contributed by atoms with Crippen molar-refractivity contribution in [2.45, 2.75) is 13.0 Å². The van der Waals surface area contributed by atoms with E-state index < -0.39 is 22.7 Å². The third kappa shape index (κ3) is 2.45. The number of nitro groups is 1. The predicted molar refractivity (Wildman–Crippen MR) is 51.4 cm³/mol. The van der Waals surface area contributed by atoms with Gasteiger partial charge >= 0.3 is 0 Å². The minimum absolute atomic E-state index is 0.0411. The fourth-order valence-electron chi connectivity index (χ4n) is 0.968. The Morgan fingerprint density at radius 3 is 2.67 bits per heavy atom. The van der Waals surface area contributed by atoms with Gasteiger partial charge in [-0.25, -0.2) is 13.8 Å². The number of alkyl halides is 2. The van der Waals surface area contributed by atoms with Crippen molar-refractivity contribution in [3.63, 3.8) is 0 Å². The van der Waals surface area contributed by atoms with Crippen LogP contribution in [0.15, 0.2) is 10.5 Å². The summed E-state index contributed by atoms with van der Waals surface area (Å²) < 4.78 is 24.7. The molecule has 0 saturated carbocycles. The van der Waals surface area contributed by atoms with Crippen LogP contribution < -0.4 is 5.73 Å². The molecule has 0 amide bonds. The van der Waals surface area contributed by atoms with E-state index in [1.54, 1.807) is 0 Å². The summed E-state index contributed by atoms with van der Waals surface area (Å²) in [5.74, 6) is 0. The molecule has 5 nitrogen and oxygen atoms in total. The summed E-state index contributed by atoms with van der Waals surface area (Å²) in [6, 6.07) is 0.730. The van der Waals surface area contributed by atoms with Crippen LogP contribution in [0, 0.1) is 10.1 Å². The molecule has 82 valence electrons. The molecule has 0 aliphatic heterocycles. The van der Waals surface area contributed by atoms with Gasteiger partial charge in [0.1, 0.15) is 10.2 Å². The predicted octanol–water partition coefficient (Wildman–Crippen LogP) is 2.15. The number of aromatic nitrogens is 1. The van der Waals surface area contributed by atoms with Gasteiger partial charge in [-0.1, -0.05) is 0 Å². The van der Waals surface area contributed by atoms with Crippen molar-refractivity contribution in [3.8, 4) is 0 Å². The van der Waals surface area contributed by atoms with E-state index in [9.17, 15) is 18.9 Å². The standard InChI is InChI=1S/C7H6BrF2N3O2/c8-6-4(2-11)12-3(7(9)10)1-5(6)13(14)15/h1,7H,2,11H2. The summed E-state index contributed by atoms with van der Waals surface area (Å²) in [5.41, 5.74) is 4.16. The molecule has 0 aliphatic rings. The lowest BCUT2D eigenvalue weighted by molar-refractivity contribution is -0.385. The quantitative estimate of drug-likeness (QED) is 0.680. The van der Waals surface area contributed by atoms with Crippen molar-refractivity contribution in [1.29, 1.82) is 0 Å². The van der Waals surface area contributed by atoms with Gasteiger partial charge in [0.25, 0.3) is 12.1 Å². The first kappa shape index (κ1) is 11.9. The number of nitrogens with two attached hydrogens (primary N) is 1. The number of hydrogen-bond acceptors (Lipinski definition) is 4. The first-order valence-corrected chi connectivity index (χ1v) is 4.58. The molecule has 0 bridgehead atoms. The number of rotatable bonds is 3. The van der Waals surface area contributed by atoms with Crippen molar-refractivity contribution in [3.05, 3.63) is 32.0 Å². The second kappa shape index (κ2) is 4.58. The van der Waals surface area contributed by atoms with Crippen LogP contribution in [0.2, 0.25) is 0 Å². The van der Waals surface area contributed by atoms with Gasteiger partial charge in [-0.2, -0.15) is 0 Å². The second-order valence-corrected chi connectivity index (χ2v) is 3.38. The van der Waals surface area contributed by atoms with Crippen LogP contribution in [0.3, 0.4) is 0 Å². The highest BCUT2D eigenvalue weighted by Crippen LogP contribution is 2.31. The van der Waals surface area contributed by atoms with Crippen molar-refractivity contribution >= 4 is 21.6 Å². The molecule has 1 rings (SSSR count). The first-order valence-electron chi connectivity index (χ1n) is 3.79. The summed E-state index contributed by atoms with van der Waals surface area (Å²) in [7, 11) is 0. The Balaban J connectivity index is 3.38. The third-order valence-corrected chi connectivity index (χ3v) is 2.50. The second-order valence-electron chi connectivity index (χ2n) is 2.59. The lowest BCUT2D eigenvalue weighted by Gasteiger charge is -2.05. The maximum Gasteiger partial charge on any atom is 0.287 e.